The molecule has 1 nitrogen and oxygen atoms in total. The Balaban J connectivity index is 2.73. The van der Waals surface area contributed by atoms with Crippen LogP contribution in [0.25, 0.3) is 6.08 Å². The molecule has 0 amide bonds. The highest BCUT2D eigenvalue weighted by atomic mass is 19.1. The van der Waals surface area contributed by atoms with Crippen molar-refractivity contribution in [3.05, 3.63) is 41.6 Å². The van der Waals surface area contributed by atoms with Crippen molar-refractivity contribution in [3.8, 4) is 0 Å². The van der Waals surface area contributed by atoms with Crippen molar-refractivity contribution in [3.63, 3.8) is 0 Å². The molecule has 0 spiro atoms. The van der Waals surface area contributed by atoms with E-state index < -0.39 is 0 Å². The van der Waals surface area contributed by atoms with E-state index in [9.17, 15) is 4.39 Å². The van der Waals surface area contributed by atoms with Crippen LogP contribution in [0.15, 0.2) is 30.2 Å². The zero-order chi connectivity index (χ0) is 8.10. The van der Waals surface area contributed by atoms with Gasteiger partial charge in [0.05, 0.1) is 0 Å². The zero-order valence-corrected chi connectivity index (χ0v) is 5.87. The highest BCUT2D eigenvalue weighted by Crippen LogP contribution is 2.03. The number of halogens is 1. The molecule has 55 valence electrons. The number of benzene rings is 1. The monoisotopic (exact) mass is 149 g/mol. The van der Waals surface area contributed by atoms with Gasteiger partial charge in [-0.15, -0.1) is 0 Å². The van der Waals surface area contributed by atoms with Crippen molar-refractivity contribution in [2.24, 2.45) is 0 Å². The van der Waals surface area contributed by atoms with Crippen LogP contribution in [0.1, 0.15) is 5.56 Å². The predicted molar refractivity (Wildman–Crippen MR) is 43.4 cm³/mol. The van der Waals surface area contributed by atoms with E-state index in [0.717, 1.165) is 13.0 Å². The molecule has 0 aliphatic heterocycles. The lowest BCUT2D eigenvalue weighted by Gasteiger charge is -1.90. The molecule has 11 heavy (non-hydrogen) atoms. The van der Waals surface area contributed by atoms with Gasteiger partial charge in [-0.3, -0.25) is 0 Å². The Morgan fingerprint density at radius 2 is 1.91 bits per heavy atom. The van der Waals surface area contributed by atoms with Gasteiger partial charge in [-0.25, -0.2) is 4.39 Å². The first-order valence-corrected chi connectivity index (χ1v) is 3.22. The average Bonchev–Trinajstić information content (AvgIpc) is 2.04. The van der Waals surface area contributed by atoms with E-state index in [2.05, 4.69) is 0 Å². The van der Waals surface area contributed by atoms with Crippen LogP contribution in [-0.2, 0) is 0 Å². The fourth-order valence-corrected chi connectivity index (χ4v) is 0.728. The van der Waals surface area contributed by atoms with E-state index in [4.69, 9.17) is 5.02 Å². The van der Waals surface area contributed by atoms with E-state index in [1.165, 1.54) is 18.1 Å². The van der Waals surface area contributed by atoms with Gasteiger partial charge in [0.25, 0.3) is 0 Å². The molecule has 0 bridgehead atoms. The van der Waals surface area contributed by atoms with Crippen LogP contribution in [0, 0.1) is 5.82 Å². The van der Waals surface area contributed by atoms with Crippen molar-refractivity contribution in [1.29, 1.82) is 0 Å². The average molecular weight is 149 g/mol. The summed E-state index contributed by atoms with van der Waals surface area (Å²) in [6, 6.07) is 6.01. The van der Waals surface area contributed by atoms with Gasteiger partial charge in [0, 0.05) is 0 Å². The van der Waals surface area contributed by atoms with Crippen molar-refractivity contribution >= 4 is 13.6 Å². The molecule has 0 aliphatic carbocycles. The summed E-state index contributed by atoms with van der Waals surface area (Å²) in [7, 11) is 0.934. The molecule has 1 rings (SSSR count). The summed E-state index contributed by atoms with van der Waals surface area (Å²) in [4.78, 5) is 0. The van der Waals surface area contributed by atoms with Gasteiger partial charge in [-0.2, -0.15) is 0 Å². The second kappa shape index (κ2) is 3.93. The quantitative estimate of drug-likeness (QED) is 0.630. The summed E-state index contributed by atoms with van der Waals surface area (Å²) in [5.74, 6) is 1.22. The van der Waals surface area contributed by atoms with Crippen LogP contribution in [-0.4, -0.2) is 12.5 Å². The van der Waals surface area contributed by atoms with E-state index in [-0.39, 0.29) is 5.82 Å². The summed E-state index contributed by atoms with van der Waals surface area (Å²) in [6.07, 6.45) is 1.68. The number of hydrogen-bond acceptors (Lipinski definition) is 1. The predicted octanol–water partition coefficient (Wildman–Crippen LogP) is 1.41. The van der Waals surface area contributed by atoms with Gasteiger partial charge in [0.1, 0.15) is 5.82 Å². The van der Waals surface area contributed by atoms with Crippen LogP contribution in [0.4, 0.5) is 4.39 Å². The maximum absolute atomic E-state index is 12.3. The van der Waals surface area contributed by atoms with Crippen LogP contribution >= 0.6 is 0 Å². The first-order chi connectivity index (χ1) is 5.33. The van der Waals surface area contributed by atoms with E-state index in [1.807, 2.05) is 0 Å². The van der Waals surface area contributed by atoms with Crippen LogP contribution < -0.4 is 0 Å². The molecule has 0 unspecified atom stereocenters. The molecule has 1 aromatic carbocycles. The molecule has 0 aromatic heterocycles. The maximum atomic E-state index is 12.3. The highest BCUT2D eigenvalue weighted by molar-refractivity contribution is 6.33. The lowest BCUT2D eigenvalue weighted by atomic mass is 10.0. The molecule has 0 heterocycles. The summed E-state index contributed by atoms with van der Waals surface area (Å²) < 4.78 is 12.3. The number of hydrogen-bond donors (Lipinski definition) is 1. The molecule has 0 aliphatic rings. The molecule has 0 saturated heterocycles. The van der Waals surface area contributed by atoms with Gasteiger partial charge >= 0.3 is 7.48 Å². The molecular weight excluding hydrogens is 142 g/mol. The Kier molecular flexibility index (Phi) is 2.87. The fraction of sp³-hybridized carbons (Fsp3) is 0. The van der Waals surface area contributed by atoms with Crippen LogP contribution in [0.3, 0.4) is 0 Å². The van der Waals surface area contributed by atoms with Crippen LogP contribution in [0.5, 0.6) is 0 Å². The second-order valence-electron chi connectivity index (χ2n) is 2.06. The lowest BCUT2D eigenvalue weighted by Crippen LogP contribution is -1.78. The third-order valence-corrected chi connectivity index (χ3v) is 1.24. The van der Waals surface area contributed by atoms with Crippen molar-refractivity contribution in [1.82, 2.24) is 0 Å². The number of rotatable bonds is 2. The minimum absolute atomic E-state index is 0.255. The Labute approximate surface area is 65.5 Å². The SMILES string of the molecule is O[B]/C=C/c1ccc(F)cc1. The van der Waals surface area contributed by atoms with Crippen molar-refractivity contribution in [2.75, 3.05) is 0 Å². The second-order valence-corrected chi connectivity index (χ2v) is 2.06. The molecule has 0 fully saturated rings. The van der Waals surface area contributed by atoms with Crippen molar-refractivity contribution in [2.45, 2.75) is 0 Å². The van der Waals surface area contributed by atoms with Gasteiger partial charge in [0.15, 0.2) is 0 Å². The fourth-order valence-electron chi connectivity index (χ4n) is 0.728. The smallest absolute Gasteiger partial charge is 0.318 e. The van der Waals surface area contributed by atoms with Crippen LogP contribution in [0.2, 0.25) is 0 Å². The summed E-state index contributed by atoms with van der Waals surface area (Å²) in [6.45, 7) is 0. The van der Waals surface area contributed by atoms with Gasteiger partial charge in [-0.05, 0) is 17.7 Å². The molecule has 0 saturated carbocycles. The lowest BCUT2D eigenvalue weighted by molar-refractivity contribution is 0.615. The molecule has 0 atom stereocenters. The summed E-state index contributed by atoms with van der Waals surface area (Å²) >= 11 is 0. The third-order valence-electron chi connectivity index (χ3n) is 1.24. The van der Waals surface area contributed by atoms with Gasteiger partial charge < -0.3 is 5.02 Å². The largest absolute Gasteiger partial charge is 0.450 e. The van der Waals surface area contributed by atoms with Gasteiger partial charge in [0.2, 0.25) is 0 Å². The molecule has 1 aromatic rings. The van der Waals surface area contributed by atoms with E-state index >= 15 is 0 Å². The minimum atomic E-state index is -0.255. The van der Waals surface area contributed by atoms with Crippen molar-refractivity contribution < 1.29 is 9.41 Å². The Bertz CT molecular complexity index is 243. The Morgan fingerprint density at radius 1 is 1.27 bits per heavy atom. The molecule has 3 heteroatoms. The Hall–Kier alpha value is -1.09. The van der Waals surface area contributed by atoms with Gasteiger partial charge in [-0.1, -0.05) is 24.2 Å². The zero-order valence-electron chi connectivity index (χ0n) is 5.87. The highest BCUT2D eigenvalue weighted by Gasteiger charge is 1.87. The molecule has 1 N–H and O–H groups in total. The first kappa shape index (κ1) is 8.02. The molecule has 1 radical (unpaired) electrons. The topological polar surface area (TPSA) is 20.2 Å². The summed E-state index contributed by atoms with van der Waals surface area (Å²) in [5, 5.41) is 8.30. The summed E-state index contributed by atoms with van der Waals surface area (Å²) in [5.41, 5.74) is 0.858. The first-order valence-electron chi connectivity index (χ1n) is 3.22. The Morgan fingerprint density at radius 3 is 2.45 bits per heavy atom. The normalized spacial score (nSPS) is 10.4. The minimum Gasteiger partial charge on any atom is -0.450 e. The van der Waals surface area contributed by atoms with E-state index in [1.54, 1.807) is 18.2 Å². The standard InChI is InChI=1S/C8H7BFO/c10-8-3-1-7(2-4-8)5-6-9-11/h1-6,11H/b6-5+. The maximum Gasteiger partial charge on any atom is 0.318 e. The molecular formula is C8H7BFO. The third kappa shape index (κ3) is 2.56. The van der Waals surface area contributed by atoms with E-state index in [0.29, 0.717) is 0 Å².